The van der Waals surface area contributed by atoms with Crippen LogP contribution in [-0.4, -0.2) is 0 Å². The van der Waals surface area contributed by atoms with Crippen molar-refractivity contribution in [1.29, 1.82) is 0 Å². The van der Waals surface area contributed by atoms with Crippen molar-refractivity contribution >= 4 is 16.8 Å². The van der Waals surface area contributed by atoms with Gasteiger partial charge in [-0.2, -0.15) is 0 Å². The van der Waals surface area contributed by atoms with Gasteiger partial charge < -0.3 is 0 Å². The van der Waals surface area contributed by atoms with Crippen molar-refractivity contribution in [3.8, 4) is 0 Å². The van der Waals surface area contributed by atoms with Crippen LogP contribution in [0.2, 0.25) is 36.4 Å². The van der Waals surface area contributed by atoms with Gasteiger partial charge in [-0.3, -0.25) is 0 Å². The van der Waals surface area contributed by atoms with Crippen LogP contribution in [0, 0.1) is 0 Å². The Bertz CT molecular complexity index is 1470. The normalized spacial score (nSPS) is 26.6. The van der Waals surface area contributed by atoms with E-state index in [4.69, 9.17) is 0 Å². The van der Waals surface area contributed by atoms with Gasteiger partial charge in [0, 0.05) is 0 Å². The molecule has 0 saturated carbocycles. The molecule has 2 aliphatic carbocycles. The van der Waals surface area contributed by atoms with Crippen LogP contribution in [0.15, 0.2) is 97.1 Å². The summed E-state index contributed by atoms with van der Waals surface area (Å²) in [6.45, 7) is 0. The van der Waals surface area contributed by atoms with E-state index in [2.05, 4.69) is 136 Å². The summed E-state index contributed by atoms with van der Waals surface area (Å²) in [6, 6.07) is 24.8. The molecule has 1 unspecified atom stereocenters. The first kappa shape index (κ1) is 22.8. The predicted octanol–water partition coefficient (Wildman–Crippen LogP) is 10.4. The van der Waals surface area contributed by atoms with Crippen molar-refractivity contribution in [2.75, 3.05) is 0 Å². The molecule has 173 valence electrons. The van der Waals surface area contributed by atoms with E-state index in [1.807, 2.05) is 0 Å². The number of allylic oxidation sites excluding steroid dienone is 5. The van der Waals surface area contributed by atoms with Crippen LogP contribution >= 0.6 is 0 Å². The maximum absolute atomic E-state index is 5.87. The molecule has 0 nitrogen and oxygen atoms in total. The first-order valence-corrected chi connectivity index (χ1v) is 41.7. The fourth-order valence-electron chi connectivity index (χ4n) is 7.73. The van der Waals surface area contributed by atoms with Crippen molar-refractivity contribution in [1.82, 2.24) is 0 Å². The summed E-state index contributed by atoms with van der Waals surface area (Å²) in [5.74, 6) is 0. The van der Waals surface area contributed by atoms with E-state index in [0.29, 0.717) is 3.67 Å². The van der Waals surface area contributed by atoms with Gasteiger partial charge in [0.1, 0.15) is 0 Å². The van der Waals surface area contributed by atoms with Gasteiger partial charge in [-0.15, -0.1) is 0 Å². The number of rotatable bonds is 4. The molecule has 33 heavy (non-hydrogen) atoms. The van der Waals surface area contributed by atoms with Crippen LogP contribution in [0.5, 0.6) is 0 Å². The predicted molar refractivity (Wildman–Crippen MR) is 148 cm³/mol. The van der Waals surface area contributed by atoms with Crippen molar-refractivity contribution in [3.05, 3.63) is 114 Å². The Morgan fingerprint density at radius 2 is 1.30 bits per heavy atom. The summed E-state index contributed by atoms with van der Waals surface area (Å²) in [5, 5.41) is 2.72. The summed E-state index contributed by atoms with van der Waals surface area (Å²) in [7, 11) is 0. The fraction of sp³-hybridized carbons (Fsp3) is 0.312. The topological polar surface area (TPSA) is 0 Å². The second kappa shape index (κ2) is 4.37. The van der Waals surface area contributed by atoms with E-state index in [1.165, 1.54) is 27.5 Å². The first-order chi connectivity index (χ1) is 14.8. The molecule has 0 N–H and O–H groups in total. The van der Waals surface area contributed by atoms with Gasteiger partial charge in [-0.05, 0) is 0 Å². The molecule has 0 aromatic heterocycles. The minimum absolute atomic E-state index is 0.206. The molecule has 0 fully saturated rings. The van der Waals surface area contributed by atoms with E-state index in [0.717, 1.165) is 6.42 Å². The van der Waals surface area contributed by atoms with E-state index < -0.39 is 12.6 Å². The summed E-state index contributed by atoms with van der Waals surface area (Å²) in [4.78, 5) is 0. The molecule has 1 heteroatoms. The second-order valence-electron chi connectivity index (χ2n) is 21.4. The molecule has 0 amide bonds. The molecule has 0 bridgehead atoms. The fourth-order valence-corrected chi connectivity index (χ4v) is 39.2. The molecule has 0 spiro atoms. The van der Waals surface area contributed by atoms with E-state index in [1.54, 1.807) is 0 Å². The quantitative estimate of drug-likeness (QED) is 0.260. The maximum atomic E-state index is 2.72. The van der Waals surface area contributed by atoms with Gasteiger partial charge in [-0.1, -0.05) is 0 Å². The number of hydrogen-bond donors (Lipinski definition) is 0. The average molecular weight is 604 g/mol. The molecule has 0 saturated heterocycles. The SMILES string of the molecule is [CH3][Hf]([CH3])([CH3])([CH3])([CH3])([CH3])([CH3])([CH]1C=CC=C1)[C]1(Cc2ccccc2)C=Cc2ccc3ccccc3c21. The third kappa shape index (κ3) is 2.66. The molecule has 5 rings (SSSR count). The van der Waals surface area contributed by atoms with E-state index in [-0.39, 0.29) is 3.17 Å². The van der Waals surface area contributed by atoms with Crippen molar-refractivity contribution in [2.24, 2.45) is 0 Å². The Morgan fingerprint density at radius 1 is 0.697 bits per heavy atom. The van der Waals surface area contributed by atoms with E-state index in [9.17, 15) is 0 Å². The van der Waals surface area contributed by atoms with Gasteiger partial charge in [0.2, 0.25) is 0 Å². The molecule has 3 aromatic carbocycles. The van der Waals surface area contributed by atoms with Crippen LogP contribution in [-0.2, 0) is 22.2 Å². The van der Waals surface area contributed by atoms with Gasteiger partial charge in [0.15, 0.2) is 0 Å². The third-order valence-electron chi connectivity index (χ3n) is 10.9. The van der Waals surface area contributed by atoms with Gasteiger partial charge >= 0.3 is 189 Å². The van der Waals surface area contributed by atoms with Crippen LogP contribution < -0.4 is 0 Å². The summed E-state index contributed by atoms with van der Waals surface area (Å²) >= 11 is -5.87. The molecule has 0 radical (unpaired) electrons. The van der Waals surface area contributed by atoms with E-state index >= 15 is 0 Å². The Kier molecular flexibility index (Phi) is 3.02. The second-order valence-corrected chi connectivity index (χ2v) is 131. The van der Waals surface area contributed by atoms with Crippen LogP contribution in [0.4, 0.5) is 0 Å². The molecule has 2 aliphatic rings. The van der Waals surface area contributed by atoms with Gasteiger partial charge in [0.25, 0.3) is 0 Å². The molecular formula is C32H41Hf. The third-order valence-corrected chi connectivity index (χ3v) is 56.7. The zero-order valence-corrected chi connectivity index (χ0v) is 25.2. The average Bonchev–Trinajstić information content (AvgIpc) is 3.38. The molecule has 3 aromatic rings. The Labute approximate surface area is 188 Å². The number of benzene rings is 3. The van der Waals surface area contributed by atoms with Crippen molar-refractivity contribution < 1.29 is 12.6 Å². The summed E-state index contributed by atoms with van der Waals surface area (Å²) in [6.07, 6.45) is 15.5. The van der Waals surface area contributed by atoms with Crippen LogP contribution in [0.25, 0.3) is 16.8 Å². The van der Waals surface area contributed by atoms with Gasteiger partial charge in [0.05, 0.1) is 0 Å². The standard InChI is InChI=1S/C20H15.C5H5.7CH3.Hf/c1-2-6-15(7-3-1)14-18-13-12-17-11-10-16-8-4-5-9-19(16)20(17)18;1-2-4-5-3-1;;;;;;;;/h1-13H,14H2;1-5H;7*1H3;. The zero-order valence-electron chi connectivity index (χ0n) is 21.6. The Morgan fingerprint density at radius 3 is 1.97 bits per heavy atom. The van der Waals surface area contributed by atoms with Crippen molar-refractivity contribution in [2.45, 2.75) is 46.0 Å². The van der Waals surface area contributed by atoms with Crippen LogP contribution in [0.1, 0.15) is 16.7 Å². The zero-order chi connectivity index (χ0) is 24.0. The molecular weight excluding hydrogens is 563 g/mol. The monoisotopic (exact) mass is 605 g/mol. The molecule has 0 heterocycles. The Balaban J connectivity index is 2.07. The van der Waals surface area contributed by atoms with Crippen LogP contribution in [0.3, 0.4) is 0 Å². The minimum atomic E-state index is -5.87. The van der Waals surface area contributed by atoms with Crippen molar-refractivity contribution in [3.63, 3.8) is 0 Å². The summed E-state index contributed by atoms with van der Waals surface area (Å²) in [5.41, 5.74) is 4.28. The van der Waals surface area contributed by atoms with Gasteiger partial charge in [-0.25, -0.2) is 0 Å². The number of fused-ring (bicyclic) bond motifs is 3. The Hall–Kier alpha value is -1.99. The summed E-state index contributed by atoms with van der Waals surface area (Å²) < 4.78 is 19.1. The number of hydrogen-bond acceptors (Lipinski definition) is 0. The first-order valence-electron chi connectivity index (χ1n) is 12.7. The molecule has 0 aliphatic heterocycles. The molecule has 1 atom stereocenters.